The minimum atomic E-state index is -0.641. The number of carbonyl (C=O) groups excluding carboxylic acids is 2. The number of para-hydroxylation sites is 1. The van der Waals surface area contributed by atoms with E-state index < -0.39 is 11.7 Å². The maximum Gasteiger partial charge on any atom is 0.260 e. The summed E-state index contributed by atoms with van der Waals surface area (Å²) in [6, 6.07) is 13.2. The van der Waals surface area contributed by atoms with Gasteiger partial charge in [-0.1, -0.05) is 35.9 Å². The fourth-order valence-electron chi connectivity index (χ4n) is 2.77. The van der Waals surface area contributed by atoms with Crippen LogP contribution in [0, 0.1) is 5.82 Å². The summed E-state index contributed by atoms with van der Waals surface area (Å²) in [5, 5.41) is 0.0877. The van der Waals surface area contributed by atoms with Gasteiger partial charge < -0.3 is 14.5 Å². The standard InChI is InChI=1S/C19H18ClFN2O3/c20-15-7-4-8-16(21)18(15)19(25)23-11-9-22(10-12-23)17(24)13-26-14-5-2-1-3-6-14/h1-8H,9-13H2. The van der Waals surface area contributed by atoms with E-state index in [2.05, 4.69) is 0 Å². The molecule has 2 aromatic carbocycles. The van der Waals surface area contributed by atoms with Gasteiger partial charge in [-0.05, 0) is 24.3 Å². The Hall–Kier alpha value is -2.60. The molecule has 1 fully saturated rings. The van der Waals surface area contributed by atoms with Crippen LogP contribution < -0.4 is 4.74 Å². The zero-order valence-electron chi connectivity index (χ0n) is 14.0. The highest BCUT2D eigenvalue weighted by molar-refractivity contribution is 6.33. The minimum Gasteiger partial charge on any atom is -0.484 e. The number of piperazine rings is 1. The van der Waals surface area contributed by atoms with Gasteiger partial charge in [-0.2, -0.15) is 0 Å². The van der Waals surface area contributed by atoms with E-state index >= 15 is 0 Å². The summed E-state index contributed by atoms with van der Waals surface area (Å²) in [4.78, 5) is 27.9. The van der Waals surface area contributed by atoms with E-state index in [0.717, 1.165) is 0 Å². The molecular formula is C19H18ClFN2O3. The number of hydrogen-bond acceptors (Lipinski definition) is 3. The molecule has 0 radical (unpaired) electrons. The second-order valence-electron chi connectivity index (χ2n) is 5.87. The number of amides is 2. The molecule has 3 rings (SSSR count). The van der Waals surface area contributed by atoms with Crippen molar-refractivity contribution in [3.05, 3.63) is 64.9 Å². The fourth-order valence-corrected chi connectivity index (χ4v) is 3.02. The van der Waals surface area contributed by atoms with Crippen LogP contribution in [0.4, 0.5) is 4.39 Å². The normalized spacial score (nSPS) is 14.2. The zero-order valence-corrected chi connectivity index (χ0v) is 14.8. The number of halogens is 2. The maximum absolute atomic E-state index is 13.9. The molecule has 0 spiro atoms. The number of hydrogen-bond donors (Lipinski definition) is 0. The van der Waals surface area contributed by atoms with E-state index in [1.54, 1.807) is 17.0 Å². The molecule has 2 aromatic rings. The minimum absolute atomic E-state index is 0.0584. The number of rotatable bonds is 4. The quantitative estimate of drug-likeness (QED) is 0.824. The van der Waals surface area contributed by atoms with Crippen LogP contribution >= 0.6 is 11.6 Å². The summed E-state index contributed by atoms with van der Waals surface area (Å²) in [6.07, 6.45) is 0. The van der Waals surface area contributed by atoms with Crippen molar-refractivity contribution >= 4 is 23.4 Å². The molecule has 0 bridgehead atoms. The van der Waals surface area contributed by atoms with Gasteiger partial charge in [-0.25, -0.2) is 4.39 Å². The van der Waals surface area contributed by atoms with Crippen LogP contribution in [-0.4, -0.2) is 54.4 Å². The molecule has 7 heteroatoms. The summed E-state index contributed by atoms with van der Waals surface area (Å²) >= 11 is 5.95. The van der Waals surface area contributed by atoms with Gasteiger partial charge >= 0.3 is 0 Å². The smallest absolute Gasteiger partial charge is 0.260 e. The van der Waals surface area contributed by atoms with Crippen molar-refractivity contribution in [2.75, 3.05) is 32.8 Å². The Morgan fingerprint density at radius 1 is 0.962 bits per heavy atom. The van der Waals surface area contributed by atoms with E-state index in [4.69, 9.17) is 16.3 Å². The average Bonchev–Trinajstić information content (AvgIpc) is 2.67. The first-order valence-electron chi connectivity index (χ1n) is 8.25. The molecule has 0 saturated carbocycles. The van der Waals surface area contributed by atoms with Crippen molar-refractivity contribution in [3.63, 3.8) is 0 Å². The Kier molecular flexibility index (Phi) is 5.73. The first-order chi connectivity index (χ1) is 12.6. The van der Waals surface area contributed by atoms with Gasteiger partial charge in [-0.15, -0.1) is 0 Å². The third kappa shape index (κ3) is 4.14. The van der Waals surface area contributed by atoms with Crippen LogP contribution in [0.3, 0.4) is 0 Å². The largest absolute Gasteiger partial charge is 0.484 e. The average molecular weight is 377 g/mol. The number of benzene rings is 2. The van der Waals surface area contributed by atoms with Crippen molar-refractivity contribution in [1.82, 2.24) is 9.80 Å². The predicted octanol–water partition coefficient (Wildman–Crippen LogP) is 2.84. The third-order valence-electron chi connectivity index (χ3n) is 4.20. The Morgan fingerprint density at radius 3 is 2.27 bits per heavy atom. The summed E-state index contributed by atoms with van der Waals surface area (Å²) in [5.41, 5.74) is -0.124. The van der Waals surface area contributed by atoms with Crippen LogP contribution in [0.15, 0.2) is 48.5 Å². The molecule has 1 aliphatic heterocycles. The van der Waals surface area contributed by atoms with Crippen LogP contribution in [0.5, 0.6) is 5.75 Å². The topological polar surface area (TPSA) is 49.9 Å². The molecule has 2 amide bonds. The van der Waals surface area contributed by atoms with Gasteiger partial charge in [0.1, 0.15) is 11.6 Å². The zero-order chi connectivity index (χ0) is 18.5. The molecular weight excluding hydrogens is 359 g/mol. The summed E-state index contributed by atoms with van der Waals surface area (Å²) in [7, 11) is 0. The number of nitrogens with zero attached hydrogens (tertiary/aromatic N) is 2. The van der Waals surface area contributed by atoms with Gasteiger partial charge in [0.2, 0.25) is 0 Å². The lowest BCUT2D eigenvalue weighted by Gasteiger charge is -2.34. The molecule has 0 aromatic heterocycles. The third-order valence-corrected chi connectivity index (χ3v) is 4.52. The summed E-state index contributed by atoms with van der Waals surface area (Å²) < 4.78 is 19.4. The lowest BCUT2D eigenvalue weighted by molar-refractivity contribution is -0.134. The van der Waals surface area contributed by atoms with Crippen molar-refractivity contribution in [2.45, 2.75) is 0 Å². The molecule has 0 aliphatic carbocycles. The molecule has 1 heterocycles. The van der Waals surface area contributed by atoms with Crippen LogP contribution in [-0.2, 0) is 4.79 Å². The van der Waals surface area contributed by atoms with Crippen molar-refractivity contribution in [2.24, 2.45) is 0 Å². The second-order valence-corrected chi connectivity index (χ2v) is 6.28. The summed E-state index contributed by atoms with van der Waals surface area (Å²) in [6.45, 7) is 1.32. The Balaban J connectivity index is 1.54. The van der Waals surface area contributed by atoms with Crippen molar-refractivity contribution in [3.8, 4) is 5.75 Å². The molecule has 0 unspecified atom stereocenters. The second kappa shape index (κ2) is 8.19. The van der Waals surface area contributed by atoms with Gasteiger partial charge in [0.15, 0.2) is 6.61 Å². The van der Waals surface area contributed by atoms with E-state index in [1.165, 1.54) is 23.1 Å². The van der Waals surface area contributed by atoms with E-state index in [0.29, 0.717) is 31.9 Å². The van der Waals surface area contributed by atoms with Gasteiger partial charge in [0.05, 0.1) is 10.6 Å². The van der Waals surface area contributed by atoms with Crippen molar-refractivity contribution < 1.29 is 18.7 Å². The van der Waals surface area contributed by atoms with E-state index in [9.17, 15) is 14.0 Å². The highest BCUT2D eigenvalue weighted by atomic mass is 35.5. The first kappa shape index (κ1) is 18.2. The van der Waals surface area contributed by atoms with Gasteiger partial charge in [0, 0.05) is 26.2 Å². The number of ether oxygens (including phenoxy) is 1. The molecule has 5 nitrogen and oxygen atoms in total. The van der Waals surface area contributed by atoms with Crippen LogP contribution in [0.25, 0.3) is 0 Å². The van der Waals surface area contributed by atoms with Gasteiger partial charge in [-0.3, -0.25) is 9.59 Å². The van der Waals surface area contributed by atoms with E-state index in [-0.39, 0.29) is 23.1 Å². The molecule has 26 heavy (non-hydrogen) atoms. The molecule has 0 N–H and O–H groups in total. The Morgan fingerprint density at radius 2 is 1.62 bits per heavy atom. The Labute approximate surface area is 155 Å². The van der Waals surface area contributed by atoms with Crippen molar-refractivity contribution in [1.29, 1.82) is 0 Å². The molecule has 0 atom stereocenters. The first-order valence-corrected chi connectivity index (χ1v) is 8.63. The fraction of sp³-hybridized carbons (Fsp3) is 0.263. The monoisotopic (exact) mass is 376 g/mol. The maximum atomic E-state index is 13.9. The lowest BCUT2D eigenvalue weighted by atomic mass is 10.1. The summed E-state index contributed by atoms with van der Waals surface area (Å²) in [5.74, 6) is -0.619. The molecule has 1 saturated heterocycles. The highest BCUT2D eigenvalue weighted by Gasteiger charge is 2.27. The van der Waals surface area contributed by atoms with Crippen LogP contribution in [0.2, 0.25) is 5.02 Å². The predicted molar refractivity (Wildman–Crippen MR) is 95.8 cm³/mol. The van der Waals surface area contributed by atoms with Gasteiger partial charge in [0.25, 0.3) is 11.8 Å². The molecule has 136 valence electrons. The SMILES string of the molecule is O=C(COc1ccccc1)N1CCN(C(=O)c2c(F)cccc2Cl)CC1. The number of carbonyl (C=O) groups is 2. The lowest BCUT2D eigenvalue weighted by Crippen LogP contribution is -2.51. The highest BCUT2D eigenvalue weighted by Crippen LogP contribution is 2.21. The van der Waals surface area contributed by atoms with Crippen LogP contribution in [0.1, 0.15) is 10.4 Å². The molecule has 1 aliphatic rings. The Bertz CT molecular complexity index is 772. The van der Waals surface area contributed by atoms with E-state index in [1.807, 2.05) is 18.2 Å².